The average Bonchev–Trinajstić information content (AvgIpc) is 1.61. The van der Waals surface area contributed by atoms with Gasteiger partial charge in [-0.05, 0) is 11.4 Å². The number of hydrogen-bond acceptors (Lipinski definition) is 0. The molecule has 0 aliphatic carbocycles. The van der Waals surface area contributed by atoms with E-state index in [2.05, 4.69) is 15.9 Å². The zero-order valence-electron chi connectivity index (χ0n) is 3.36. The van der Waals surface area contributed by atoms with Gasteiger partial charge in [0.25, 0.3) is 0 Å². The second-order valence-corrected chi connectivity index (χ2v) is 1.38. The molecule has 0 spiro atoms. The maximum absolute atomic E-state index is 9.62. The van der Waals surface area contributed by atoms with E-state index in [0.717, 1.165) is 0 Å². The largest absolute Gasteiger partial charge is 0.236 e. The van der Waals surface area contributed by atoms with E-state index in [9.17, 15) is 5.11 Å². The predicted molar refractivity (Wildman–Crippen MR) is 28.2 cm³/mol. The third-order valence-corrected chi connectivity index (χ3v) is 0.747. The van der Waals surface area contributed by atoms with E-state index < -0.39 is 0 Å². The Hall–Kier alpha value is 0.180. The summed E-state index contributed by atoms with van der Waals surface area (Å²) in [5.41, 5.74) is 0. The van der Waals surface area contributed by atoms with Crippen LogP contribution in [0.5, 0.6) is 0 Å². The summed E-state index contributed by atoms with van der Waals surface area (Å²) in [5.74, 6) is 0. The predicted octanol–water partition coefficient (Wildman–Crippen LogP) is 1.72. The normalized spacial score (nSPS) is 10.3. The quantitative estimate of drug-likeness (QED) is 0.571. The summed E-state index contributed by atoms with van der Waals surface area (Å²) in [7, 11) is 0. The Kier molecular flexibility index (Phi) is 5.34. The third kappa shape index (κ3) is 4.18. The molecular weight excluding hydrogens is 144 g/mol. The second kappa shape index (κ2) is 5.18. The summed E-state index contributed by atoms with van der Waals surface area (Å²) in [6.45, 7) is -0.0118. The van der Waals surface area contributed by atoms with E-state index in [4.69, 9.17) is 0 Å². The van der Waals surface area contributed by atoms with Gasteiger partial charge in [0.2, 0.25) is 0 Å². The first-order valence-electron chi connectivity index (χ1n) is 1.75. The van der Waals surface area contributed by atoms with Crippen molar-refractivity contribution in [3.63, 3.8) is 0 Å². The highest BCUT2D eigenvalue weighted by atomic mass is 79.9. The van der Waals surface area contributed by atoms with Crippen molar-refractivity contribution < 1.29 is 5.11 Å². The standard InChI is InChI=1S/C4H6BrO/c5-3-1-2-4-6/h1,3H,2,4H2. The Labute approximate surface area is 45.8 Å². The van der Waals surface area contributed by atoms with Gasteiger partial charge in [-0.15, -0.1) is 0 Å². The Bertz CT molecular complexity index is 42.8. The van der Waals surface area contributed by atoms with Crippen molar-refractivity contribution in [3.05, 3.63) is 11.1 Å². The van der Waals surface area contributed by atoms with Crippen LogP contribution in [-0.4, -0.2) is 6.61 Å². The summed E-state index contributed by atoms with van der Waals surface area (Å²) in [6.07, 6.45) is 2.41. The number of halogens is 1. The van der Waals surface area contributed by atoms with Crippen molar-refractivity contribution in [3.8, 4) is 0 Å². The van der Waals surface area contributed by atoms with Crippen molar-refractivity contribution in [1.29, 1.82) is 0 Å². The molecule has 0 rings (SSSR count). The number of rotatable bonds is 2. The molecule has 35 valence electrons. The van der Waals surface area contributed by atoms with Crippen LogP contribution in [0.25, 0.3) is 0 Å². The van der Waals surface area contributed by atoms with Gasteiger partial charge in [-0.3, -0.25) is 0 Å². The van der Waals surface area contributed by atoms with Crippen molar-refractivity contribution in [2.45, 2.75) is 6.42 Å². The van der Waals surface area contributed by atoms with Gasteiger partial charge in [-0.1, -0.05) is 22.0 Å². The topological polar surface area (TPSA) is 19.9 Å². The van der Waals surface area contributed by atoms with Crippen molar-refractivity contribution >= 4 is 15.9 Å². The van der Waals surface area contributed by atoms with Gasteiger partial charge >= 0.3 is 0 Å². The van der Waals surface area contributed by atoms with Crippen LogP contribution < -0.4 is 0 Å². The molecule has 0 aromatic heterocycles. The molecule has 0 unspecified atom stereocenters. The lowest BCUT2D eigenvalue weighted by atomic mass is 10.5. The fourth-order valence-electron chi connectivity index (χ4n) is 0.131. The number of hydrogen-bond donors (Lipinski definition) is 0. The monoisotopic (exact) mass is 149 g/mol. The van der Waals surface area contributed by atoms with E-state index in [-0.39, 0.29) is 6.61 Å². The lowest BCUT2D eigenvalue weighted by molar-refractivity contribution is 0.199. The fourth-order valence-corrected chi connectivity index (χ4v) is 0.395. The molecule has 0 aliphatic heterocycles. The molecule has 0 amide bonds. The Morgan fingerprint density at radius 2 is 2.33 bits per heavy atom. The van der Waals surface area contributed by atoms with Crippen LogP contribution >= 0.6 is 15.9 Å². The molecule has 0 saturated heterocycles. The first-order chi connectivity index (χ1) is 2.91. The fraction of sp³-hybridized carbons (Fsp3) is 0.500. The molecule has 1 nitrogen and oxygen atoms in total. The van der Waals surface area contributed by atoms with Crippen LogP contribution in [0, 0.1) is 0 Å². The van der Waals surface area contributed by atoms with E-state index in [1.54, 1.807) is 11.1 Å². The zero-order valence-corrected chi connectivity index (χ0v) is 4.94. The molecule has 0 bridgehead atoms. The van der Waals surface area contributed by atoms with E-state index >= 15 is 0 Å². The van der Waals surface area contributed by atoms with Crippen molar-refractivity contribution in [2.24, 2.45) is 0 Å². The molecule has 1 radical (unpaired) electrons. The highest BCUT2D eigenvalue weighted by Crippen LogP contribution is 1.84. The van der Waals surface area contributed by atoms with Gasteiger partial charge in [-0.2, -0.15) is 0 Å². The Balaban J connectivity index is 2.66. The van der Waals surface area contributed by atoms with Crippen LogP contribution in [0.3, 0.4) is 0 Å². The van der Waals surface area contributed by atoms with E-state index in [1.807, 2.05) is 0 Å². The highest BCUT2D eigenvalue weighted by Gasteiger charge is 1.68. The van der Waals surface area contributed by atoms with Crippen LogP contribution in [0.2, 0.25) is 0 Å². The first-order valence-corrected chi connectivity index (χ1v) is 2.66. The van der Waals surface area contributed by atoms with Gasteiger partial charge in [0.1, 0.15) is 0 Å². The van der Waals surface area contributed by atoms with Crippen molar-refractivity contribution in [1.82, 2.24) is 0 Å². The highest BCUT2D eigenvalue weighted by molar-refractivity contribution is 9.11. The zero-order chi connectivity index (χ0) is 4.83. The minimum absolute atomic E-state index is 0.0118. The smallest absolute Gasteiger partial charge is 0.0857 e. The molecule has 0 aliphatic rings. The van der Waals surface area contributed by atoms with Crippen LogP contribution in [0.4, 0.5) is 0 Å². The van der Waals surface area contributed by atoms with Crippen LogP contribution in [0.15, 0.2) is 11.1 Å². The molecular formula is C4H6BrO. The first kappa shape index (κ1) is 6.18. The molecule has 0 aromatic carbocycles. The summed E-state index contributed by atoms with van der Waals surface area (Å²) in [6, 6.07) is 0. The van der Waals surface area contributed by atoms with Gasteiger partial charge < -0.3 is 0 Å². The van der Waals surface area contributed by atoms with Crippen LogP contribution in [0.1, 0.15) is 6.42 Å². The van der Waals surface area contributed by atoms with Gasteiger partial charge in [0.15, 0.2) is 0 Å². The van der Waals surface area contributed by atoms with Gasteiger partial charge in [0, 0.05) is 0 Å². The lowest BCUT2D eigenvalue weighted by Gasteiger charge is -1.72. The lowest BCUT2D eigenvalue weighted by Crippen LogP contribution is -1.69. The maximum atomic E-state index is 9.62. The summed E-state index contributed by atoms with van der Waals surface area (Å²) >= 11 is 3.03. The Morgan fingerprint density at radius 3 is 2.50 bits per heavy atom. The maximum Gasteiger partial charge on any atom is 0.0857 e. The molecule has 0 N–H and O–H groups in total. The third-order valence-electron chi connectivity index (χ3n) is 0.374. The van der Waals surface area contributed by atoms with Gasteiger partial charge in [0.05, 0.1) is 6.61 Å². The van der Waals surface area contributed by atoms with Crippen molar-refractivity contribution in [2.75, 3.05) is 6.61 Å². The molecule has 0 saturated carbocycles. The van der Waals surface area contributed by atoms with E-state index in [1.165, 1.54) is 0 Å². The molecule has 6 heavy (non-hydrogen) atoms. The van der Waals surface area contributed by atoms with Gasteiger partial charge in [-0.25, -0.2) is 5.11 Å². The summed E-state index contributed by atoms with van der Waals surface area (Å²) in [4.78, 5) is 1.70. The average molecular weight is 150 g/mol. The molecule has 0 atom stereocenters. The molecule has 0 aromatic rings. The summed E-state index contributed by atoms with van der Waals surface area (Å²) in [5, 5.41) is 9.62. The van der Waals surface area contributed by atoms with E-state index in [0.29, 0.717) is 6.42 Å². The second-order valence-electron chi connectivity index (χ2n) is 0.854. The molecule has 0 fully saturated rings. The SMILES string of the molecule is [O]CCC=CBr. The minimum Gasteiger partial charge on any atom is -0.236 e. The van der Waals surface area contributed by atoms with Crippen LogP contribution in [-0.2, 0) is 5.11 Å². The minimum atomic E-state index is -0.0118. The molecule has 0 heterocycles. The molecule has 2 heteroatoms. The summed E-state index contributed by atoms with van der Waals surface area (Å²) < 4.78 is 0. The Morgan fingerprint density at radius 1 is 1.67 bits per heavy atom.